The van der Waals surface area contributed by atoms with Crippen LogP contribution in [0.1, 0.15) is 49.0 Å². The third-order valence-electron chi connectivity index (χ3n) is 7.52. The highest BCUT2D eigenvalue weighted by atomic mass is 35.5. The lowest BCUT2D eigenvalue weighted by Gasteiger charge is -2.35. The molecule has 2 aliphatic rings. The largest absolute Gasteiger partial charge is 0.465 e. The topological polar surface area (TPSA) is 155 Å². The summed E-state index contributed by atoms with van der Waals surface area (Å²) in [6.45, 7) is 0.986. The Kier molecular flexibility index (Phi) is 7.59. The molecule has 0 unspecified atom stereocenters. The van der Waals surface area contributed by atoms with Gasteiger partial charge >= 0.3 is 6.09 Å². The number of carbonyl (C=O) groups is 2. The number of nitrogens with one attached hydrogen (secondary N) is 3. The Morgan fingerprint density at radius 3 is 2.54 bits per heavy atom. The van der Waals surface area contributed by atoms with Crippen LogP contribution < -0.4 is 16.0 Å². The van der Waals surface area contributed by atoms with Crippen molar-refractivity contribution in [1.82, 2.24) is 34.0 Å². The number of halogens is 1. The molecule has 0 radical (unpaired) electrons. The summed E-state index contributed by atoms with van der Waals surface area (Å²) in [6, 6.07) is 5.62. The van der Waals surface area contributed by atoms with Crippen LogP contribution in [0.15, 0.2) is 49.3 Å². The number of fused-ring (bicyclic) bond motifs is 1. The van der Waals surface area contributed by atoms with E-state index in [-0.39, 0.29) is 28.8 Å². The average Bonchev–Trinajstić information content (AvgIpc) is 3.41. The van der Waals surface area contributed by atoms with Crippen molar-refractivity contribution in [1.29, 1.82) is 0 Å². The minimum Gasteiger partial charge on any atom is -0.465 e. The molecule has 4 aromatic rings. The van der Waals surface area contributed by atoms with Gasteiger partial charge in [0.2, 0.25) is 0 Å². The predicted octanol–water partition coefficient (Wildman–Crippen LogP) is 4.20. The van der Waals surface area contributed by atoms with Crippen LogP contribution in [0, 0.1) is 0 Å². The summed E-state index contributed by atoms with van der Waals surface area (Å²) >= 11 is 5.97. The van der Waals surface area contributed by atoms with Crippen molar-refractivity contribution >= 4 is 46.4 Å². The summed E-state index contributed by atoms with van der Waals surface area (Å²) in [5.74, 6) is 0.255. The second-order valence-corrected chi connectivity index (χ2v) is 10.9. The highest BCUT2D eigenvalue weighted by Gasteiger charge is 2.30. The number of hydrogen-bond donors (Lipinski definition) is 4. The number of aromatic nitrogens is 6. The lowest BCUT2D eigenvalue weighted by molar-refractivity contribution is 0.101. The number of imidazole rings is 2. The van der Waals surface area contributed by atoms with Crippen LogP contribution in [0.2, 0.25) is 5.15 Å². The summed E-state index contributed by atoms with van der Waals surface area (Å²) in [7, 11) is 0. The first kappa shape index (κ1) is 26.8. The summed E-state index contributed by atoms with van der Waals surface area (Å²) in [4.78, 5) is 39.2. The Labute approximate surface area is 240 Å². The molecule has 2 amide bonds. The predicted molar refractivity (Wildman–Crippen MR) is 153 cm³/mol. The fraction of sp³-hybridized carbons (Fsp3) is 0.407. The molecule has 0 spiro atoms. The van der Waals surface area contributed by atoms with Gasteiger partial charge in [0.05, 0.1) is 18.2 Å². The molecule has 2 saturated carbocycles. The number of hydrogen-bond acceptors (Lipinski definition) is 8. The van der Waals surface area contributed by atoms with E-state index in [9.17, 15) is 14.7 Å². The molecule has 0 aromatic carbocycles. The zero-order chi connectivity index (χ0) is 28.3. The van der Waals surface area contributed by atoms with Crippen molar-refractivity contribution in [2.45, 2.75) is 63.2 Å². The van der Waals surface area contributed by atoms with Crippen LogP contribution in [0.25, 0.3) is 5.65 Å². The maximum absolute atomic E-state index is 13.2. The minimum absolute atomic E-state index is 0.0396. The van der Waals surface area contributed by atoms with E-state index < -0.39 is 6.09 Å². The summed E-state index contributed by atoms with van der Waals surface area (Å²) in [5.41, 5.74) is 2.18. The first-order valence-corrected chi connectivity index (χ1v) is 14.1. The zero-order valence-corrected chi connectivity index (χ0v) is 23.0. The van der Waals surface area contributed by atoms with Crippen LogP contribution in [-0.4, -0.2) is 75.8 Å². The third-order valence-corrected chi connectivity index (χ3v) is 7.72. The minimum atomic E-state index is -0.899. The van der Waals surface area contributed by atoms with E-state index in [0.717, 1.165) is 44.2 Å². The van der Waals surface area contributed by atoms with Crippen LogP contribution in [0.5, 0.6) is 0 Å². The van der Waals surface area contributed by atoms with Crippen LogP contribution in [0.3, 0.4) is 0 Å². The Morgan fingerprint density at radius 2 is 1.83 bits per heavy atom. The first-order valence-electron chi connectivity index (χ1n) is 13.7. The number of pyridine rings is 1. The van der Waals surface area contributed by atoms with Crippen LogP contribution in [0.4, 0.5) is 22.0 Å². The van der Waals surface area contributed by atoms with E-state index in [2.05, 4.69) is 30.9 Å². The van der Waals surface area contributed by atoms with Crippen molar-refractivity contribution < 1.29 is 14.7 Å². The molecule has 0 aliphatic heterocycles. The van der Waals surface area contributed by atoms with E-state index in [1.165, 1.54) is 12.4 Å². The molecule has 4 aromatic heterocycles. The fourth-order valence-electron chi connectivity index (χ4n) is 5.24. The van der Waals surface area contributed by atoms with Crippen LogP contribution >= 0.6 is 11.6 Å². The van der Waals surface area contributed by atoms with Crippen molar-refractivity contribution in [3.05, 3.63) is 60.2 Å². The molecule has 14 heteroatoms. The van der Waals surface area contributed by atoms with Gasteiger partial charge in [-0.2, -0.15) is 0 Å². The van der Waals surface area contributed by atoms with Crippen molar-refractivity contribution in [3.8, 4) is 0 Å². The summed E-state index contributed by atoms with van der Waals surface area (Å²) in [6.07, 6.45) is 12.6. The molecule has 2 fully saturated rings. The Balaban J connectivity index is 1.16. The molecule has 0 saturated heterocycles. The average molecular weight is 579 g/mol. The van der Waals surface area contributed by atoms with Gasteiger partial charge in [0, 0.05) is 61.6 Å². The molecule has 41 heavy (non-hydrogen) atoms. The molecule has 6 rings (SSSR count). The van der Waals surface area contributed by atoms with Gasteiger partial charge in [-0.25, -0.2) is 24.3 Å². The van der Waals surface area contributed by atoms with Gasteiger partial charge in [0.1, 0.15) is 11.0 Å². The second-order valence-electron chi connectivity index (χ2n) is 10.5. The molecular weight excluding hydrogens is 548 g/mol. The highest BCUT2D eigenvalue weighted by molar-refractivity contribution is 6.29. The maximum atomic E-state index is 13.2. The van der Waals surface area contributed by atoms with Gasteiger partial charge in [0.15, 0.2) is 11.3 Å². The standard InChI is InChI=1S/C27H31ClN10O3/c28-23-13-19(7-8-30-23)34-26(39)22-15-31-25-21(32-17-1-2-17)14-24(35-38(22)25)33-18-3-5-20(6-4-18)37(27(40)41)12-11-36-10-9-29-16-36/h7-10,13-18,20,32H,1-6,11-12H2,(H,33,35)(H,40,41)(H,30,34,39). The number of carboxylic acid groups (broad SMARTS) is 1. The Hall–Kier alpha value is -4.39. The van der Waals surface area contributed by atoms with E-state index >= 15 is 0 Å². The van der Waals surface area contributed by atoms with Crippen LogP contribution in [-0.2, 0) is 6.54 Å². The number of amides is 2. The lowest BCUT2D eigenvalue weighted by atomic mass is 9.90. The molecule has 4 N–H and O–H groups in total. The molecule has 0 bridgehead atoms. The summed E-state index contributed by atoms with van der Waals surface area (Å²) < 4.78 is 3.44. The zero-order valence-electron chi connectivity index (χ0n) is 22.3. The SMILES string of the molecule is O=C(Nc1ccnc(Cl)c1)c1cnc2c(NC3CC3)cc(NC3CCC(N(CCn4ccnc4)C(=O)O)CC3)nn12. The van der Waals surface area contributed by atoms with Gasteiger partial charge in [-0.1, -0.05) is 11.6 Å². The van der Waals surface area contributed by atoms with Crippen molar-refractivity contribution in [2.75, 3.05) is 22.5 Å². The molecule has 2 aliphatic carbocycles. The monoisotopic (exact) mass is 578 g/mol. The number of rotatable bonds is 10. The number of anilines is 3. The maximum Gasteiger partial charge on any atom is 0.407 e. The summed E-state index contributed by atoms with van der Waals surface area (Å²) in [5, 5.41) is 24.7. The quantitative estimate of drug-likeness (QED) is 0.203. The number of nitrogens with zero attached hydrogens (tertiary/aromatic N) is 7. The van der Waals surface area contributed by atoms with E-state index in [4.69, 9.17) is 16.7 Å². The van der Waals surface area contributed by atoms with Gasteiger partial charge in [0.25, 0.3) is 5.91 Å². The highest BCUT2D eigenvalue weighted by Crippen LogP contribution is 2.30. The first-order chi connectivity index (χ1) is 19.9. The molecule has 0 atom stereocenters. The van der Waals surface area contributed by atoms with Crippen molar-refractivity contribution in [2.24, 2.45) is 0 Å². The lowest BCUT2D eigenvalue weighted by Crippen LogP contribution is -2.44. The fourth-order valence-corrected chi connectivity index (χ4v) is 5.41. The van der Waals surface area contributed by atoms with Crippen molar-refractivity contribution in [3.63, 3.8) is 0 Å². The normalized spacial score (nSPS) is 18.7. The van der Waals surface area contributed by atoms with E-state index in [0.29, 0.717) is 36.3 Å². The smallest absolute Gasteiger partial charge is 0.407 e. The third kappa shape index (κ3) is 6.35. The molecule has 13 nitrogen and oxygen atoms in total. The molecular formula is C27H31ClN10O3. The Bertz CT molecular complexity index is 1530. The number of carbonyl (C=O) groups excluding carboxylic acids is 1. The van der Waals surface area contributed by atoms with Gasteiger partial charge < -0.3 is 30.5 Å². The van der Waals surface area contributed by atoms with Gasteiger partial charge in [-0.3, -0.25) is 4.79 Å². The van der Waals surface area contributed by atoms with Gasteiger partial charge in [-0.05, 0) is 50.7 Å². The second kappa shape index (κ2) is 11.6. The van der Waals surface area contributed by atoms with E-state index in [1.807, 2.05) is 16.8 Å². The van der Waals surface area contributed by atoms with Gasteiger partial charge in [-0.15, -0.1) is 5.10 Å². The molecule has 214 valence electrons. The van der Waals surface area contributed by atoms with E-state index in [1.54, 1.807) is 34.1 Å². The Morgan fingerprint density at radius 1 is 1.05 bits per heavy atom. The molecule has 4 heterocycles.